The monoisotopic (exact) mass is 1750 g/mol. The van der Waals surface area contributed by atoms with E-state index in [1.807, 2.05) is 62.3 Å². The van der Waals surface area contributed by atoms with Crippen LogP contribution in [0.1, 0.15) is 146 Å². The number of amides is 2. The van der Waals surface area contributed by atoms with Crippen LogP contribution < -0.4 is 45.7 Å². The van der Waals surface area contributed by atoms with E-state index in [9.17, 15) is 22.8 Å². The number of halogens is 7. The smallest absolute Gasteiger partial charge is 0.407 e. The Kier molecular flexibility index (Phi) is 27.9. The number of nitrogens with two attached hydrogens (primary N) is 1. The Hall–Kier alpha value is -10.7. The second kappa shape index (κ2) is 37.3. The number of pyridine rings is 4. The van der Waals surface area contributed by atoms with Gasteiger partial charge in [-0.05, 0) is 215 Å². The summed E-state index contributed by atoms with van der Waals surface area (Å²) in [4.78, 5) is 62.9. The Labute approximate surface area is 703 Å². The number of aromatic nitrogens is 12. The maximum Gasteiger partial charge on any atom is 0.407 e. The van der Waals surface area contributed by atoms with E-state index in [4.69, 9.17) is 80.7 Å². The minimum absolute atomic E-state index is 0.00267. The molecule has 36 heteroatoms. The maximum absolute atomic E-state index is 15.1. The molecule has 8 aromatic heterocycles. The first-order valence-corrected chi connectivity index (χ1v) is 40.1. The summed E-state index contributed by atoms with van der Waals surface area (Å²) in [5, 5.41) is 27.3. The summed E-state index contributed by atoms with van der Waals surface area (Å²) in [6.45, 7) is 34.0. The van der Waals surface area contributed by atoms with Crippen molar-refractivity contribution in [2.45, 2.75) is 204 Å². The molecule has 0 saturated carbocycles. The van der Waals surface area contributed by atoms with Crippen molar-refractivity contribution >= 4 is 107 Å². The Balaban J connectivity index is 0.000000150. The molecule has 3 fully saturated rings. The van der Waals surface area contributed by atoms with Gasteiger partial charge in [0.1, 0.15) is 72.5 Å². The fourth-order valence-electron chi connectivity index (χ4n) is 14.4. The standard InChI is InChI=1S/C25H32FN5O4.C20H24FN5O2.C14H11ClFN3O2.C13H8BrClFN3O.C11H22N2O2/c1-13-10-16(28-24(32)34-25(4,5)6)8-9-31(13)22-20(23-27-15(3)30-35-23)14(2)18-11-17(33-7)12-19(26)21(18)29-22;1-10-7-13(22)5-6-26(10)19-17(20-23-12(3)25-28-20)11(2)15-8-14(27-4)9-16(21)18(15)24-19;1-6-9-4-8(20-3)5-10(16)12(9)18-13(15)11(6)14-17-7(2)19-21-14;1-5-8-3-7(14)4-9(16)11(8)18-12(15)10(5)13-17-6(2)19-20-13;1-8-7-9(5-6-12-8)13-10(14)15-11(2,3)4/h11-13,16H,8-10H2,1-7H3,(H,28,32);8-10,13H,5-7,22H2,1-4H3;4-5H,1-3H3;3-4H,1-2H3;8-9,12H,5-7H2,1-4H3,(H,13,14)/t13-,16+;10-,13+;;;8-,9+/m11..1/s1. The number of piperidine rings is 3. The number of hydrogen-bond donors (Lipinski definition) is 4. The van der Waals surface area contributed by atoms with Gasteiger partial charge in [-0.15, -0.1) is 0 Å². The minimum Gasteiger partial charge on any atom is -0.497 e. The summed E-state index contributed by atoms with van der Waals surface area (Å²) >= 11 is 15.6. The SMILES string of the molecule is COc1cc(F)c2nc(Cl)c(-c3nc(C)no3)c(C)c2c1.COc1cc(F)c2nc(N3CC[C@H](N)C[C@H]3C)c(-c3nc(C)no3)c(C)c2c1.COc1cc(F)c2nc(N3CC[C@H](NC(=O)OC(C)(C)C)C[C@H]3C)c(-c3nc(C)no3)c(C)c2c1.C[C@@H]1C[C@@H](NC(=O)OC(C)(C)C)CCN1.Cc1noc(-c2c(Cl)nc3c(F)cc(Br)cc3c2C)n1. The molecule has 0 spiro atoms. The first-order chi connectivity index (χ1) is 56.2. The summed E-state index contributed by atoms with van der Waals surface area (Å²) in [5.74, 6) is 3.90. The van der Waals surface area contributed by atoms with Crippen LogP contribution in [0.5, 0.6) is 17.2 Å². The average Bonchev–Trinajstić information content (AvgIpc) is 1.68. The number of carbonyl (C=O) groups is 2. The zero-order valence-corrected chi connectivity index (χ0v) is 73.0. The zero-order chi connectivity index (χ0) is 86.5. The molecule has 11 heterocycles. The van der Waals surface area contributed by atoms with Crippen molar-refractivity contribution in [1.82, 2.24) is 76.4 Å². The second-order valence-electron chi connectivity index (χ2n) is 31.5. The molecule has 6 atom stereocenters. The third-order valence-corrected chi connectivity index (χ3v) is 21.1. The molecule has 5 N–H and O–H groups in total. The first kappa shape index (κ1) is 89.1. The van der Waals surface area contributed by atoms with Crippen LogP contribution in [0.4, 0.5) is 38.8 Å². The first-order valence-electron chi connectivity index (χ1n) is 38.6. The minimum atomic E-state index is -0.563. The maximum atomic E-state index is 15.1. The Bertz CT molecular complexity index is 5720. The fourth-order valence-corrected chi connectivity index (χ4v) is 15.5. The van der Waals surface area contributed by atoms with Crippen LogP contribution in [-0.4, -0.2) is 161 Å². The molecular weight excluding hydrogens is 1650 g/mol. The van der Waals surface area contributed by atoms with E-state index in [2.05, 4.69) is 113 Å². The molecule has 0 aliphatic carbocycles. The van der Waals surface area contributed by atoms with Crippen LogP contribution in [0.3, 0.4) is 0 Å². The molecule has 4 aromatic carbocycles. The Morgan fingerprint density at radius 3 is 1.16 bits per heavy atom. The van der Waals surface area contributed by atoms with Crippen molar-refractivity contribution in [3.05, 3.63) is 132 Å². The van der Waals surface area contributed by atoms with E-state index in [1.54, 1.807) is 58.9 Å². The summed E-state index contributed by atoms with van der Waals surface area (Å²) < 4.78 is 106. The molecule has 3 saturated heterocycles. The van der Waals surface area contributed by atoms with Gasteiger partial charge in [-0.3, -0.25) is 0 Å². The van der Waals surface area contributed by atoms with Crippen molar-refractivity contribution in [2.75, 3.05) is 50.8 Å². The van der Waals surface area contributed by atoms with Gasteiger partial charge in [-0.1, -0.05) is 59.8 Å². The Morgan fingerprint density at radius 1 is 0.479 bits per heavy atom. The van der Waals surface area contributed by atoms with E-state index in [0.717, 1.165) is 61.0 Å². The number of aryl methyl sites for hydroxylation is 8. The van der Waals surface area contributed by atoms with E-state index >= 15 is 4.39 Å². The quantitative estimate of drug-likeness (QED) is 0.0690. The van der Waals surface area contributed by atoms with Gasteiger partial charge in [-0.25, -0.2) is 47.1 Å². The summed E-state index contributed by atoms with van der Waals surface area (Å²) in [6, 6.07) is 13.3. The van der Waals surface area contributed by atoms with Gasteiger partial charge in [0.2, 0.25) is 0 Å². The predicted octanol–water partition coefficient (Wildman–Crippen LogP) is 18.1. The highest BCUT2D eigenvalue weighted by Gasteiger charge is 2.35. The number of hydrogen-bond acceptors (Lipinski definition) is 27. The molecule has 2 amide bonds. The normalized spacial score (nSPS) is 17.4. The van der Waals surface area contributed by atoms with Crippen molar-refractivity contribution in [1.29, 1.82) is 0 Å². The van der Waals surface area contributed by atoms with Gasteiger partial charge in [0.05, 0.1) is 43.6 Å². The molecule has 634 valence electrons. The van der Waals surface area contributed by atoms with Crippen LogP contribution in [0, 0.1) is 78.7 Å². The summed E-state index contributed by atoms with van der Waals surface area (Å²) in [6.07, 6.45) is 4.24. The number of anilines is 2. The third-order valence-electron chi connectivity index (χ3n) is 20.0. The van der Waals surface area contributed by atoms with E-state index in [1.165, 1.54) is 45.6 Å². The van der Waals surface area contributed by atoms with Crippen LogP contribution in [0.2, 0.25) is 10.3 Å². The second-order valence-corrected chi connectivity index (χ2v) is 33.2. The highest BCUT2D eigenvalue weighted by atomic mass is 79.9. The van der Waals surface area contributed by atoms with Crippen molar-refractivity contribution < 1.29 is 68.9 Å². The van der Waals surface area contributed by atoms with Gasteiger partial charge in [-0.2, -0.15) is 19.9 Å². The number of nitrogens with zero attached hydrogens (tertiary/aromatic N) is 14. The number of rotatable bonds is 11. The molecular formula is C83H97BrCl2F4N18O11. The third kappa shape index (κ3) is 21.1. The largest absolute Gasteiger partial charge is 0.497 e. The van der Waals surface area contributed by atoms with Gasteiger partial charge in [0.25, 0.3) is 23.6 Å². The number of methoxy groups -OCH3 is 3. The molecule has 0 unspecified atom stereocenters. The van der Waals surface area contributed by atoms with Crippen LogP contribution in [-0.2, 0) is 9.47 Å². The molecule has 0 radical (unpaired) electrons. The van der Waals surface area contributed by atoms with Crippen molar-refractivity contribution in [3.8, 4) is 63.1 Å². The molecule has 15 rings (SSSR count). The zero-order valence-electron chi connectivity index (χ0n) is 69.9. The molecule has 3 aliphatic rings. The number of ether oxygens (including phenoxy) is 5. The van der Waals surface area contributed by atoms with Crippen LogP contribution in [0.15, 0.2) is 71.1 Å². The number of alkyl carbamates (subject to hydrolysis) is 2. The molecule has 29 nitrogen and oxygen atoms in total. The van der Waals surface area contributed by atoms with Gasteiger partial charge in [0.15, 0.2) is 46.6 Å². The van der Waals surface area contributed by atoms with E-state index < -0.39 is 40.6 Å². The highest BCUT2D eigenvalue weighted by Crippen LogP contribution is 2.44. The van der Waals surface area contributed by atoms with Gasteiger partial charge >= 0.3 is 12.2 Å². The molecule has 3 aliphatic heterocycles. The number of fused-ring (bicyclic) bond motifs is 4. The summed E-state index contributed by atoms with van der Waals surface area (Å²) in [5.41, 5.74) is 11.5. The number of benzene rings is 4. The number of nitrogens with one attached hydrogen (secondary N) is 3. The highest BCUT2D eigenvalue weighted by molar-refractivity contribution is 9.10. The van der Waals surface area contributed by atoms with Gasteiger partial charge in [0, 0.05) is 93.6 Å². The lowest BCUT2D eigenvalue weighted by Crippen LogP contribution is -2.50. The molecule has 12 aromatic rings. The lowest BCUT2D eigenvalue weighted by atomic mass is 9.96. The molecule has 119 heavy (non-hydrogen) atoms. The van der Waals surface area contributed by atoms with Crippen molar-refractivity contribution in [3.63, 3.8) is 0 Å². The summed E-state index contributed by atoms with van der Waals surface area (Å²) in [7, 11) is 4.48. The topological polar surface area (TPSA) is 356 Å². The van der Waals surface area contributed by atoms with Crippen LogP contribution in [0.25, 0.3) is 89.4 Å². The Morgan fingerprint density at radius 2 is 0.815 bits per heavy atom. The van der Waals surface area contributed by atoms with Gasteiger partial charge < -0.3 is 73.3 Å². The lowest BCUT2D eigenvalue weighted by Gasteiger charge is -2.39. The fraction of sp³-hybridized carbons (Fsp3) is 0.446. The van der Waals surface area contributed by atoms with Crippen molar-refractivity contribution in [2.24, 2.45) is 5.73 Å². The van der Waals surface area contributed by atoms with E-state index in [0.29, 0.717) is 143 Å². The van der Waals surface area contributed by atoms with E-state index in [-0.39, 0.29) is 74.9 Å². The number of carbonyl (C=O) groups excluding carboxylic acids is 2. The predicted molar refractivity (Wildman–Crippen MR) is 448 cm³/mol. The molecule has 0 bridgehead atoms. The lowest BCUT2D eigenvalue weighted by molar-refractivity contribution is 0.0480. The van der Waals surface area contributed by atoms with Crippen LogP contribution >= 0.6 is 39.1 Å². The average molecular weight is 1750 g/mol.